The highest BCUT2D eigenvalue weighted by atomic mass is 35.5. The lowest BCUT2D eigenvalue weighted by Gasteiger charge is -2.10. The number of hydrogen-bond acceptors (Lipinski definition) is 6. The Kier molecular flexibility index (Phi) is 4.83. The molecule has 0 fully saturated rings. The van der Waals surface area contributed by atoms with Crippen LogP contribution in [0.4, 0.5) is 5.69 Å². The molecule has 1 N–H and O–H groups in total. The number of ether oxygens (including phenoxy) is 2. The van der Waals surface area contributed by atoms with Crippen molar-refractivity contribution in [2.24, 2.45) is 0 Å². The molecule has 0 aliphatic carbocycles. The van der Waals surface area contributed by atoms with E-state index in [0.29, 0.717) is 39.6 Å². The van der Waals surface area contributed by atoms with Crippen molar-refractivity contribution >= 4 is 23.2 Å². The van der Waals surface area contributed by atoms with Crippen molar-refractivity contribution in [1.82, 2.24) is 14.7 Å². The largest absolute Gasteiger partial charge is 0.454 e. The second-order valence-electron chi connectivity index (χ2n) is 7.02. The predicted octanol–water partition coefficient (Wildman–Crippen LogP) is 4.53. The van der Waals surface area contributed by atoms with E-state index < -0.39 is 0 Å². The van der Waals surface area contributed by atoms with Crippen LogP contribution in [0.15, 0.2) is 59.3 Å². The van der Waals surface area contributed by atoms with Gasteiger partial charge in [-0.25, -0.2) is 0 Å². The van der Waals surface area contributed by atoms with Gasteiger partial charge in [0.25, 0.3) is 5.89 Å². The van der Waals surface area contributed by atoms with E-state index in [-0.39, 0.29) is 19.2 Å². The highest BCUT2D eigenvalue weighted by molar-refractivity contribution is 6.31. The molecule has 0 atom stereocenters. The summed E-state index contributed by atoms with van der Waals surface area (Å²) in [5.74, 6) is 1.85. The Morgan fingerprint density at radius 1 is 1.16 bits per heavy atom. The Bertz CT molecular complexity index is 1280. The number of halogens is 1. The predicted molar refractivity (Wildman–Crippen MR) is 114 cm³/mol. The number of benzene rings is 2. The molecule has 0 radical (unpaired) electrons. The first kappa shape index (κ1) is 19.2. The summed E-state index contributed by atoms with van der Waals surface area (Å²) in [6.45, 7) is 2.18. The van der Waals surface area contributed by atoms with E-state index in [2.05, 4.69) is 15.5 Å². The molecule has 0 spiro atoms. The summed E-state index contributed by atoms with van der Waals surface area (Å²) in [5.41, 5.74) is 2.98. The summed E-state index contributed by atoms with van der Waals surface area (Å²) < 4.78 is 17.9. The molecule has 2 aromatic heterocycles. The van der Waals surface area contributed by atoms with Gasteiger partial charge in [0.1, 0.15) is 12.2 Å². The first-order valence-corrected chi connectivity index (χ1v) is 9.90. The zero-order valence-corrected chi connectivity index (χ0v) is 17.2. The number of rotatable bonds is 5. The summed E-state index contributed by atoms with van der Waals surface area (Å²) >= 11 is 6.03. The van der Waals surface area contributed by atoms with Gasteiger partial charge >= 0.3 is 0 Å². The molecule has 0 saturated heterocycles. The second-order valence-corrected chi connectivity index (χ2v) is 7.46. The molecule has 8 nitrogen and oxygen atoms in total. The SMILES string of the molecule is Cc1ccc(Cl)cc1NC(=O)Cn1cccc1-c1nc(-c2ccc3c(c2)OCO3)no1. The van der Waals surface area contributed by atoms with Gasteiger partial charge in [-0.15, -0.1) is 0 Å². The van der Waals surface area contributed by atoms with Crippen LogP contribution in [-0.4, -0.2) is 27.4 Å². The third-order valence-electron chi connectivity index (χ3n) is 4.89. The van der Waals surface area contributed by atoms with E-state index in [1.165, 1.54) is 0 Å². The topological polar surface area (TPSA) is 91.4 Å². The van der Waals surface area contributed by atoms with E-state index in [0.717, 1.165) is 11.1 Å². The number of hydrogen-bond donors (Lipinski definition) is 1. The van der Waals surface area contributed by atoms with E-state index in [9.17, 15) is 4.79 Å². The number of carbonyl (C=O) groups excluding carboxylic acids is 1. The van der Waals surface area contributed by atoms with Crippen LogP contribution >= 0.6 is 11.6 Å². The van der Waals surface area contributed by atoms with Gasteiger partial charge in [0.05, 0.1) is 0 Å². The fourth-order valence-electron chi connectivity index (χ4n) is 3.30. The highest BCUT2D eigenvalue weighted by Crippen LogP contribution is 2.35. The highest BCUT2D eigenvalue weighted by Gasteiger charge is 2.19. The first-order valence-electron chi connectivity index (χ1n) is 9.52. The van der Waals surface area contributed by atoms with Crippen LogP contribution in [-0.2, 0) is 11.3 Å². The summed E-state index contributed by atoms with van der Waals surface area (Å²) in [5, 5.41) is 7.51. The molecule has 156 valence electrons. The van der Waals surface area contributed by atoms with Gasteiger partial charge in [-0.1, -0.05) is 22.8 Å². The fraction of sp³-hybridized carbons (Fsp3) is 0.136. The molecular weight excluding hydrogens is 420 g/mol. The maximum atomic E-state index is 12.6. The molecule has 5 rings (SSSR count). The lowest BCUT2D eigenvalue weighted by atomic mass is 10.2. The van der Waals surface area contributed by atoms with Crippen molar-refractivity contribution < 1.29 is 18.8 Å². The van der Waals surface area contributed by atoms with Gasteiger partial charge < -0.3 is 23.9 Å². The van der Waals surface area contributed by atoms with Crippen molar-refractivity contribution in [3.05, 3.63) is 65.3 Å². The van der Waals surface area contributed by atoms with Crippen LogP contribution in [0.1, 0.15) is 5.56 Å². The summed E-state index contributed by atoms with van der Waals surface area (Å²) in [6, 6.07) is 14.4. The van der Waals surface area contributed by atoms with Crippen LogP contribution in [0.25, 0.3) is 23.0 Å². The number of nitrogens with one attached hydrogen (secondary N) is 1. The standard InChI is InChI=1S/C22H17ClN4O4/c1-13-4-6-15(23)10-16(13)24-20(28)11-27-8-2-3-17(27)22-25-21(26-31-22)14-5-7-18-19(9-14)30-12-29-18/h2-10H,11-12H2,1H3,(H,24,28). The molecule has 1 amide bonds. The maximum absolute atomic E-state index is 12.6. The zero-order chi connectivity index (χ0) is 21.4. The molecule has 0 unspecified atom stereocenters. The number of carbonyl (C=O) groups is 1. The monoisotopic (exact) mass is 436 g/mol. The molecular formula is C22H17ClN4O4. The minimum absolute atomic E-state index is 0.0794. The number of fused-ring (bicyclic) bond motifs is 1. The fourth-order valence-corrected chi connectivity index (χ4v) is 3.47. The lowest BCUT2D eigenvalue weighted by Crippen LogP contribution is -2.19. The third-order valence-corrected chi connectivity index (χ3v) is 5.13. The van der Waals surface area contributed by atoms with Gasteiger partial charge in [-0.3, -0.25) is 4.79 Å². The number of amides is 1. The molecule has 0 saturated carbocycles. The van der Waals surface area contributed by atoms with Crippen molar-refractivity contribution in [3.8, 4) is 34.5 Å². The van der Waals surface area contributed by atoms with E-state index in [4.69, 9.17) is 25.6 Å². The molecule has 31 heavy (non-hydrogen) atoms. The van der Waals surface area contributed by atoms with Gasteiger partial charge in [0.2, 0.25) is 18.5 Å². The van der Waals surface area contributed by atoms with Crippen molar-refractivity contribution in [2.75, 3.05) is 12.1 Å². The number of aryl methyl sites for hydroxylation is 1. The average molecular weight is 437 g/mol. The number of aromatic nitrogens is 3. The normalized spacial score (nSPS) is 12.2. The summed E-state index contributed by atoms with van der Waals surface area (Å²) in [4.78, 5) is 17.1. The Morgan fingerprint density at radius 2 is 2.03 bits per heavy atom. The van der Waals surface area contributed by atoms with Gasteiger partial charge in [0.15, 0.2) is 11.5 Å². The van der Waals surface area contributed by atoms with Crippen molar-refractivity contribution in [3.63, 3.8) is 0 Å². The smallest absolute Gasteiger partial charge is 0.274 e. The third kappa shape index (κ3) is 3.85. The molecule has 3 heterocycles. The average Bonchev–Trinajstić information content (AvgIpc) is 3.49. The molecule has 4 aromatic rings. The molecule has 1 aliphatic heterocycles. The van der Waals surface area contributed by atoms with E-state index in [1.807, 2.05) is 31.2 Å². The summed E-state index contributed by atoms with van der Waals surface area (Å²) in [6.07, 6.45) is 1.78. The molecule has 0 bridgehead atoms. The first-order chi connectivity index (χ1) is 15.1. The Balaban J connectivity index is 1.35. The van der Waals surface area contributed by atoms with Gasteiger partial charge in [-0.05, 0) is 55.0 Å². The van der Waals surface area contributed by atoms with Crippen molar-refractivity contribution in [1.29, 1.82) is 0 Å². The quantitative estimate of drug-likeness (QED) is 0.494. The van der Waals surface area contributed by atoms with Gasteiger partial charge in [-0.2, -0.15) is 4.98 Å². The lowest BCUT2D eigenvalue weighted by molar-refractivity contribution is -0.116. The second kappa shape index (κ2) is 7.81. The molecule has 1 aliphatic rings. The zero-order valence-electron chi connectivity index (χ0n) is 16.5. The summed E-state index contributed by atoms with van der Waals surface area (Å²) in [7, 11) is 0. The van der Waals surface area contributed by atoms with Crippen molar-refractivity contribution in [2.45, 2.75) is 13.5 Å². The Morgan fingerprint density at radius 3 is 2.94 bits per heavy atom. The Labute approximate surface area is 182 Å². The van der Waals surface area contributed by atoms with Crippen LogP contribution in [0, 0.1) is 6.92 Å². The molecule has 9 heteroatoms. The van der Waals surface area contributed by atoms with E-state index >= 15 is 0 Å². The minimum atomic E-state index is -0.196. The Hall–Kier alpha value is -3.78. The van der Waals surface area contributed by atoms with Gasteiger partial charge in [0, 0.05) is 22.5 Å². The number of anilines is 1. The minimum Gasteiger partial charge on any atom is -0.454 e. The number of nitrogens with zero attached hydrogens (tertiary/aromatic N) is 3. The van der Waals surface area contributed by atoms with Crippen LogP contribution < -0.4 is 14.8 Å². The molecule has 2 aromatic carbocycles. The maximum Gasteiger partial charge on any atom is 0.274 e. The van der Waals surface area contributed by atoms with Crippen LogP contribution in [0.3, 0.4) is 0 Å². The van der Waals surface area contributed by atoms with Crippen LogP contribution in [0.2, 0.25) is 5.02 Å². The van der Waals surface area contributed by atoms with E-state index in [1.54, 1.807) is 35.0 Å². The van der Waals surface area contributed by atoms with Crippen LogP contribution in [0.5, 0.6) is 11.5 Å².